The molecule has 0 aliphatic rings. The zero-order valence-corrected chi connectivity index (χ0v) is 22.7. The Morgan fingerprint density at radius 1 is 0.750 bits per heavy atom. The monoisotopic (exact) mass is 517 g/mol. The van der Waals surface area contributed by atoms with Crippen molar-refractivity contribution in [2.45, 2.75) is 0 Å². The molecule has 4 rings (SSSR count). The van der Waals surface area contributed by atoms with Crippen LogP contribution in [0.4, 0.5) is 28.4 Å². The van der Waals surface area contributed by atoms with Gasteiger partial charge in [0.1, 0.15) is 7.05 Å². The Balaban J connectivity index is 1.21. The van der Waals surface area contributed by atoms with Crippen LogP contribution >= 0.6 is 21.6 Å². The van der Waals surface area contributed by atoms with Crippen molar-refractivity contribution in [3.8, 4) is 0 Å². The number of rotatable bonds is 11. The summed E-state index contributed by atoms with van der Waals surface area (Å²) in [6.45, 7) is 1.99. The third kappa shape index (κ3) is 6.92. The maximum Gasteiger partial charge on any atom is 0.214 e. The van der Waals surface area contributed by atoms with Crippen LogP contribution in [0.5, 0.6) is 0 Å². The van der Waals surface area contributed by atoms with Crippen LogP contribution < -0.4 is 20.1 Å². The van der Waals surface area contributed by atoms with Crippen LogP contribution in [0.1, 0.15) is 0 Å². The molecule has 36 heavy (non-hydrogen) atoms. The number of benzene rings is 3. The minimum atomic E-state index is 0.801. The van der Waals surface area contributed by atoms with Gasteiger partial charge in [-0.3, -0.25) is 0 Å². The molecule has 0 amide bonds. The number of azo groups is 1. The number of anilines is 3. The normalized spacial score (nSPS) is 11.3. The Morgan fingerprint density at radius 2 is 1.36 bits per heavy atom. The third-order valence-electron chi connectivity index (χ3n) is 6.01. The van der Waals surface area contributed by atoms with Crippen LogP contribution in [0, 0.1) is 0 Å². The average molecular weight is 518 g/mol. The molecule has 4 aromatic rings. The fraction of sp³-hybridized carbons (Fsp3) is 0.250. The van der Waals surface area contributed by atoms with Crippen molar-refractivity contribution in [1.82, 2.24) is 0 Å². The molecule has 0 saturated carbocycles. The van der Waals surface area contributed by atoms with E-state index in [-0.39, 0.29) is 0 Å². The van der Waals surface area contributed by atoms with Crippen LogP contribution in [0.2, 0.25) is 0 Å². The van der Waals surface area contributed by atoms with Crippen molar-refractivity contribution < 1.29 is 4.57 Å². The highest BCUT2D eigenvalue weighted by molar-refractivity contribution is 8.76. The highest BCUT2D eigenvalue weighted by atomic mass is 33.1. The highest BCUT2D eigenvalue weighted by Crippen LogP contribution is 2.27. The second-order valence-electron chi connectivity index (χ2n) is 8.62. The van der Waals surface area contributed by atoms with Gasteiger partial charge in [-0.25, -0.2) is 4.57 Å². The predicted octanol–water partition coefficient (Wildman–Crippen LogP) is 6.62. The summed E-state index contributed by atoms with van der Waals surface area (Å²) in [5.41, 5.74) is 11.8. The average Bonchev–Trinajstić information content (AvgIpc) is 2.90. The molecule has 2 N–H and O–H groups in total. The van der Waals surface area contributed by atoms with Crippen molar-refractivity contribution in [2.24, 2.45) is 17.3 Å². The lowest BCUT2D eigenvalue weighted by atomic mass is 10.2. The zero-order chi connectivity index (χ0) is 25.3. The Labute approximate surface area is 221 Å². The van der Waals surface area contributed by atoms with Gasteiger partial charge in [-0.1, -0.05) is 27.7 Å². The quantitative estimate of drug-likeness (QED) is 0.0797. The van der Waals surface area contributed by atoms with E-state index in [0.29, 0.717) is 0 Å². The van der Waals surface area contributed by atoms with E-state index >= 15 is 0 Å². The molecule has 1 aromatic heterocycles. The lowest BCUT2D eigenvalue weighted by Crippen LogP contribution is -2.27. The Bertz CT molecular complexity index is 1290. The number of nitrogens with two attached hydrogens (primary N) is 1. The molecule has 186 valence electrons. The summed E-state index contributed by atoms with van der Waals surface area (Å²) in [4.78, 5) is 4.54. The lowest BCUT2D eigenvalue weighted by molar-refractivity contribution is -0.644. The number of hydrogen-bond donors (Lipinski definition) is 1. The fourth-order valence-corrected chi connectivity index (χ4v) is 5.88. The summed E-state index contributed by atoms with van der Waals surface area (Å²) >= 11 is 0. The van der Waals surface area contributed by atoms with Gasteiger partial charge in [0.05, 0.1) is 16.8 Å². The molecule has 0 spiro atoms. The minimum absolute atomic E-state index is 0.801. The molecular formula is C28H33N6S2+. The van der Waals surface area contributed by atoms with E-state index in [2.05, 4.69) is 75.1 Å². The van der Waals surface area contributed by atoms with Gasteiger partial charge in [0.2, 0.25) is 5.52 Å². The molecule has 0 radical (unpaired) electrons. The van der Waals surface area contributed by atoms with E-state index in [9.17, 15) is 0 Å². The zero-order valence-electron chi connectivity index (χ0n) is 21.0. The first-order valence-corrected chi connectivity index (χ1v) is 14.4. The summed E-state index contributed by atoms with van der Waals surface area (Å²) < 4.78 is 2.09. The van der Waals surface area contributed by atoms with Crippen molar-refractivity contribution in [1.29, 1.82) is 0 Å². The lowest BCUT2D eigenvalue weighted by Gasteiger charge is -2.20. The van der Waals surface area contributed by atoms with Gasteiger partial charge in [0.25, 0.3) is 0 Å². The van der Waals surface area contributed by atoms with Gasteiger partial charge >= 0.3 is 0 Å². The number of nitrogen functional groups attached to an aromatic ring is 1. The Morgan fingerprint density at radius 3 is 2.00 bits per heavy atom. The maximum atomic E-state index is 5.77. The van der Waals surface area contributed by atoms with Crippen LogP contribution in [-0.2, 0) is 7.05 Å². The Kier molecular flexibility index (Phi) is 9.08. The van der Waals surface area contributed by atoms with Crippen LogP contribution in [0.3, 0.4) is 0 Å². The number of aryl methyl sites for hydroxylation is 1. The number of aromatic nitrogens is 1. The van der Waals surface area contributed by atoms with Crippen LogP contribution in [0.25, 0.3) is 10.9 Å². The van der Waals surface area contributed by atoms with E-state index in [4.69, 9.17) is 5.73 Å². The molecule has 1 heterocycles. The predicted molar refractivity (Wildman–Crippen MR) is 158 cm³/mol. The van der Waals surface area contributed by atoms with Crippen molar-refractivity contribution >= 4 is 60.9 Å². The van der Waals surface area contributed by atoms with Gasteiger partial charge in [-0.05, 0) is 60.7 Å². The first-order chi connectivity index (χ1) is 17.5. The van der Waals surface area contributed by atoms with E-state index in [1.807, 2.05) is 77.3 Å². The topological polar surface area (TPSA) is 61.1 Å². The molecule has 0 fully saturated rings. The summed E-state index contributed by atoms with van der Waals surface area (Å²) in [7, 11) is 10.1. The second-order valence-corrected chi connectivity index (χ2v) is 11.3. The van der Waals surface area contributed by atoms with Crippen molar-refractivity contribution in [2.75, 3.05) is 54.2 Å². The molecule has 0 saturated heterocycles. The molecule has 0 aliphatic carbocycles. The number of fused-ring (bicyclic) bond motifs is 1. The molecule has 0 bridgehead atoms. The van der Waals surface area contributed by atoms with Gasteiger partial charge in [-0.2, -0.15) is 5.11 Å². The largest absolute Gasteiger partial charge is 0.399 e. The van der Waals surface area contributed by atoms with Crippen LogP contribution in [0.15, 0.2) is 95.3 Å². The number of nitrogens with zero attached hydrogens (tertiary/aromatic N) is 5. The van der Waals surface area contributed by atoms with Gasteiger partial charge in [-0.15, -0.1) is 5.11 Å². The summed E-state index contributed by atoms with van der Waals surface area (Å²) in [5, 5.41) is 10.1. The number of hydrogen-bond acceptors (Lipinski definition) is 7. The maximum absolute atomic E-state index is 5.77. The van der Waals surface area contributed by atoms with E-state index in [1.165, 1.54) is 11.4 Å². The van der Waals surface area contributed by atoms with E-state index in [0.717, 1.165) is 52.6 Å². The highest BCUT2D eigenvalue weighted by Gasteiger charge is 2.08. The van der Waals surface area contributed by atoms with Gasteiger partial charge in [0.15, 0.2) is 6.20 Å². The van der Waals surface area contributed by atoms with Crippen LogP contribution in [-0.4, -0.2) is 38.7 Å². The van der Waals surface area contributed by atoms with Crippen molar-refractivity contribution in [3.05, 3.63) is 85.1 Å². The fourth-order valence-electron chi connectivity index (χ4n) is 3.79. The summed E-state index contributed by atoms with van der Waals surface area (Å²) in [6, 6.07) is 26.5. The molecule has 0 aliphatic heterocycles. The van der Waals surface area contributed by atoms with Gasteiger partial charge < -0.3 is 15.5 Å². The van der Waals surface area contributed by atoms with Crippen molar-refractivity contribution in [3.63, 3.8) is 0 Å². The smallest absolute Gasteiger partial charge is 0.214 e. The van der Waals surface area contributed by atoms with E-state index in [1.54, 1.807) is 0 Å². The Hall–Kier alpha value is -3.23. The minimum Gasteiger partial charge on any atom is -0.399 e. The standard InChI is InChI=1S/C28H33N6S2/c1-32(24-13-9-22(29)10-14-24)18-20-35-36-21-19-33(2)25-15-11-23(12-16-25)30-31-27-7-4-8-28-26(27)6-5-17-34(28)3/h4-17H,18-21,29H2,1-3H3/q+1. The number of pyridine rings is 1. The molecule has 3 aromatic carbocycles. The molecular weight excluding hydrogens is 484 g/mol. The summed E-state index contributed by atoms with van der Waals surface area (Å²) in [5.74, 6) is 2.14. The molecule has 0 atom stereocenters. The van der Waals surface area contributed by atoms with E-state index < -0.39 is 0 Å². The van der Waals surface area contributed by atoms with Gasteiger partial charge in [0, 0.05) is 67.9 Å². The molecule has 6 nitrogen and oxygen atoms in total. The summed E-state index contributed by atoms with van der Waals surface area (Å²) in [6.07, 6.45) is 2.04. The SMILES string of the molecule is CN(CCSSCCN(C)c1ccc(N=Nc2cccc3c2ccc[n+]3C)cc1)c1ccc(N)cc1. The first-order valence-electron chi connectivity index (χ1n) is 11.9. The molecule has 0 unspecified atom stereocenters. The third-order valence-corrected chi connectivity index (χ3v) is 8.38. The second kappa shape index (κ2) is 12.6. The first kappa shape index (κ1) is 25.9. The molecule has 8 heteroatoms.